The van der Waals surface area contributed by atoms with Crippen LogP contribution in [0.3, 0.4) is 0 Å². The van der Waals surface area contributed by atoms with Gasteiger partial charge in [-0.3, -0.25) is 0 Å². The third-order valence-electron chi connectivity index (χ3n) is 14.3. The number of aryl methyl sites for hydroxylation is 3. The number of rotatable bonds is 25. The van der Waals surface area contributed by atoms with Crippen LogP contribution in [0.1, 0.15) is 190 Å². The first-order valence-corrected chi connectivity index (χ1v) is 27.3. The Bertz CT molecular complexity index is 3080. The molecule has 6 aromatic rings. The van der Waals surface area contributed by atoms with Crippen molar-refractivity contribution >= 4 is 63.9 Å². The van der Waals surface area contributed by atoms with Gasteiger partial charge in [-0.05, 0) is 189 Å². The summed E-state index contributed by atoms with van der Waals surface area (Å²) in [4.78, 5) is 59.3. The van der Waals surface area contributed by atoms with Crippen LogP contribution in [-0.2, 0) is 24.7 Å². The molecule has 0 aliphatic heterocycles. The number of carbonyl (C=O) groups is 5. The van der Waals surface area contributed by atoms with Crippen molar-refractivity contribution in [2.24, 2.45) is 5.92 Å². The summed E-state index contributed by atoms with van der Waals surface area (Å²) < 4.78 is 5.95. The largest absolute Gasteiger partial charge is 0.478 e. The maximum atomic E-state index is 13.3. The van der Waals surface area contributed by atoms with E-state index >= 15 is 0 Å². The number of carboxylic acid groups (broad SMARTS) is 4. The Kier molecular flexibility index (Phi) is 24.9. The zero-order valence-corrected chi connectivity index (χ0v) is 47.1. The van der Waals surface area contributed by atoms with E-state index in [4.69, 9.17) is 38.5 Å². The number of anilines is 5. The van der Waals surface area contributed by atoms with Crippen molar-refractivity contribution in [3.05, 3.63) is 183 Å². The molecule has 426 valence electrons. The summed E-state index contributed by atoms with van der Waals surface area (Å²) in [6.45, 7) is 11.9. The summed E-state index contributed by atoms with van der Waals surface area (Å²) in [6, 6.07) is 32.8. The van der Waals surface area contributed by atoms with E-state index in [9.17, 15) is 39.3 Å². The smallest absolute Gasteiger partial charge is 0.343 e. The second-order valence-electron chi connectivity index (χ2n) is 20.9. The Hall–Kier alpha value is -8.59. The van der Waals surface area contributed by atoms with E-state index < -0.39 is 35.3 Å². The van der Waals surface area contributed by atoms with E-state index in [0.29, 0.717) is 57.8 Å². The highest BCUT2D eigenvalue weighted by atomic mass is 16.5. The van der Waals surface area contributed by atoms with Crippen molar-refractivity contribution in [3.63, 3.8) is 0 Å². The number of nitrogen functional groups attached to an aromatic ring is 5. The highest BCUT2D eigenvalue weighted by Crippen LogP contribution is 2.40. The van der Waals surface area contributed by atoms with E-state index in [2.05, 4.69) is 38.1 Å². The SMILES string of the molecule is CCCCC(CC)Cc1c(C(=O)O)cc(C(C)=CCCCCC(C)(C)c2cc(N)ccc2C(=O)O)c(N)c1OC(=O)c1ccc(N)cc1.Cc1cc(N)c(CCCCCc2ccccc2)cc1C(=O)O.Nc1ccc(C(=O)O)cc1. The van der Waals surface area contributed by atoms with Gasteiger partial charge in [-0.1, -0.05) is 103 Å². The Balaban J connectivity index is 0.000000349. The van der Waals surface area contributed by atoms with Crippen LogP contribution in [0.4, 0.5) is 28.4 Å². The Morgan fingerprint density at radius 2 is 1.19 bits per heavy atom. The topological polar surface area (TPSA) is 306 Å². The van der Waals surface area contributed by atoms with Crippen LogP contribution in [0.25, 0.3) is 5.57 Å². The zero-order chi connectivity index (χ0) is 59.1. The van der Waals surface area contributed by atoms with Crippen LogP contribution >= 0.6 is 0 Å². The van der Waals surface area contributed by atoms with Crippen molar-refractivity contribution in [1.82, 2.24) is 0 Å². The van der Waals surface area contributed by atoms with Crippen LogP contribution in [-0.4, -0.2) is 50.3 Å². The van der Waals surface area contributed by atoms with Crippen molar-refractivity contribution in [3.8, 4) is 5.75 Å². The number of hydrogen-bond acceptors (Lipinski definition) is 11. The van der Waals surface area contributed by atoms with Crippen LogP contribution in [0.5, 0.6) is 5.75 Å². The highest BCUT2D eigenvalue weighted by molar-refractivity contribution is 5.98. The number of benzene rings is 6. The number of carbonyl (C=O) groups excluding carboxylic acids is 1. The minimum Gasteiger partial charge on any atom is -0.478 e. The molecule has 0 aromatic heterocycles. The molecule has 6 aromatic carbocycles. The third kappa shape index (κ3) is 19.4. The Labute approximate surface area is 470 Å². The lowest BCUT2D eigenvalue weighted by Crippen LogP contribution is -2.21. The molecule has 0 saturated carbocycles. The number of carboxylic acids is 4. The average molecular weight is 1090 g/mol. The Morgan fingerprint density at radius 1 is 0.600 bits per heavy atom. The van der Waals surface area contributed by atoms with E-state index in [1.807, 2.05) is 32.9 Å². The van der Waals surface area contributed by atoms with E-state index in [0.717, 1.165) is 93.7 Å². The van der Waals surface area contributed by atoms with Crippen LogP contribution in [0.2, 0.25) is 0 Å². The van der Waals surface area contributed by atoms with Crippen molar-refractivity contribution in [1.29, 1.82) is 0 Å². The summed E-state index contributed by atoms with van der Waals surface area (Å²) in [5.41, 5.74) is 38.6. The predicted molar refractivity (Wildman–Crippen MR) is 322 cm³/mol. The van der Waals surface area contributed by atoms with Gasteiger partial charge in [-0.25, -0.2) is 24.0 Å². The van der Waals surface area contributed by atoms with Crippen molar-refractivity contribution in [2.45, 2.75) is 137 Å². The van der Waals surface area contributed by atoms with Gasteiger partial charge >= 0.3 is 29.8 Å². The van der Waals surface area contributed by atoms with E-state index in [1.165, 1.54) is 17.7 Å². The summed E-state index contributed by atoms with van der Waals surface area (Å²) in [5, 5.41) is 37.7. The number of esters is 1. The van der Waals surface area contributed by atoms with Gasteiger partial charge in [0.1, 0.15) is 0 Å². The van der Waals surface area contributed by atoms with Gasteiger partial charge in [-0.15, -0.1) is 0 Å². The quantitative estimate of drug-likeness (QED) is 0.0111. The van der Waals surface area contributed by atoms with Gasteiger partial charge in [0.05, 0.1) is 33.5 Å². The van der Waals surface area contributed by atoms with E-state index in [-0.39, 0.29) is 39.6 Å². The van der Waals surface area contributed by atoms with Crippen LogP contribution < -0.4 is 33.4 Å². The number of nitrogens with two attached hydrogens (primary N) is 5. The number of allylic oxidation sites excluding steroid dienone is 2. The molecule has 1 atom stereocenters. The summed E-state index contributed by atoms with van der Waals surface area (Å²) >= 11 is 0. The minimum atomic E-state index is -1.11. The number of hydrogen-bond donors (Lipinski definition) is 9. The van der Waals surface area contributed by atoms with Crippen LogP contribution in [0.15, 0.2) is 121 Å². The lowest BCUT2D eigenvalue weighted by molar-refractivity contribution is 0.0681. The molecule has 6 rings (SSSR count). The molecular formula is C65H81N5O10. The monoisotopic (exact) mass is 1090 g/mol. The van der Waals surface area contributed by atoms with Gasteiger partial charge in [0, 0.05) is 33.9 Å². The van der Waals surface area contributed by atoms with Gasteiger partial charge in [0.2, 0.25) is 0 Å². The maximum absolute atomic E-state index is 13.3. The summed E-state index contributed by atoms with van der Waals surface area (Å²) in [6.07, 6.45) is 14.5. The van der Waals surface area contributed by atoms with E-state index in [1.54, 1.807) is 79.7 Å². The molecular weight excluding hydrogens is 1010 g/mol. The lowest BCUT2D eigenvalue weighted by Gasteiger charge is -2.27. The number of unbranched alkanes of at least 4 members (excludes halogenated alkanes) is 5. The second kappa shape index (κ2) is 31.1. The predicted octanol–water partition coefficient (Wildman–Crippen LogP) is 13.9. The molecule has 0 fully saturated rings. The first-order chi connectivity index (χ1) is 38.0. The zero-order valence-electron chi connectivity index (χ0n) is 47.1. The van der Waals surface area contributed by atoms with Gasteiger partial charge < -0.3 is 53.8 Å². The molecule has 0 bridgehead atoms. The third-order valence-corrected chi connectivity index (χ3v) is 14.3. The van der Waals surface area contributed by atoms with Crippen molar-refractivity contribution < 1.29 is 49.1 Å². The first kappa shape index (κ1) is 63.9. The molecule has 0 spiro atoms. The fourth-order valence-corrected chi connectivity index (χ4v) is 9.45. The highest BCUT2D eigenvalue weighted by Gasteiger charge is 2.28. The molecule has 1 unspecified atom stereocenters. The number of aromatic carboxylic acids is 4. The fraction of sp³-hybridized carbons (Fsp3) is 0.338. The second-order valence-corrected chi connectivity index (χ2v) is 20.9. The van der Waals surface area contributed by atoms with Crippen LogP contribution in [0, 0.1) is 12.8 Å². The fourth-order valence-electron chi connectivity index (χ4n) is 9.45. The molecule has 0 aliphatic rings. The number of ether oxygens (including phenoxy) is 1. The molecule has 15 nitrogen and oxygen atoms in total. The standard InChI is InChI=1S/C39H51N3O6.C19H23NO2.C7H7NO2/c1-6-8-13-25(7-2)21-31-32(37(45)46)23-30(34(42)35(31)48-38(47)26-14-16-27(40)17-15-26)24(3)12-10-9-11-20-39(4,5)33-22-28(41)18-19-29(33)36(43)44;1-14-12-18(20)16(13-17(14)19(21)22)11-7-3-6-10-15-8-4-2-5-9-15;8-6-3-1-5(2-4-6)7(9)10/h12,14-19,22-23,25H,6-11,13,20-21,40-42H2,1-5H3,(H,43,44)(H,45,46);2,4-5,8-9,12-13H,3,6-7,10-11,20H2,1H3,(H,21,22);1-4H,8H2,(H,9,10). The molecule has 0 heterocycles. The van der Waals surface area contributed by atoms with Crippen molar-refractivity contribution in [2.75, 3.05) is 28.7 Å². The molecule has 0 radical (unpaired) electrons. The Morgan fingerprint density at radius 3 is 1.76 bits per heavy atom. The summed E-state index contributed by atoms with van der Waals surface area (Å²) in [7, 11) is 0. The molecule has 15 heteroatoms. The molecule has 0 aliphatic carbocycles. The summed E-state index contributed by atoms with van der Waals surface area (Å²) in [5.74, 6) is -4.27. The molecule has 0 saturated heterocycles. The molecule has 0 amide bonds. The van der Waals surface area contributed by atoms with Gasteiger partial charge in [-0.2, -0.15) is 0 Å². The normalized spacial score (nSPS) is 11.6. The minimum absolute atomic E-state index is 0.0696. The molecule has 14 N–H and O–H groups in total. The lowest BCUT2D eigenvalue weighted by atomic mass is 9.77. The van der Waals surface area contributed by atoms with Gasteiger partial charge in [0.15, 0.2) is 5.75 Å². The maximum Gasteiger partial charge on any atom is 0.343 e. The van der Waals surface area contributed by atoms with Gasteiger partial charge in [0.25, 0.3) is 0 Å². The first-order valence-electron chi connectivity index (χ1n) is 27.3. The average Bonchev–Trinajstić information content (AvgIpc) is 3.54. The molecule has 80 heavy (non-hydrogen) atoms.